The van der Waals surface area contributed by atoms with Crippen molar-refractivity contribution in [2.24, 2.45) is 23.5 Å². The molecule has 0 saturated carbocycles. The lowest BCUT2D eigenvalue weighted by Crippen LogP contribution is -2.59. The third kappa shape index (κ3) is 8.81. The fourth-order valence-electron chi connectivity index (χ4n) is 4.51. The van der Waals surface area contributed by atoms with Gasteiger partial charge in [0.2, 0.25) is 17.7 Å². The summed E-state index contributed by atoms with van der Waals surface area (Å²) < 4.78 is 0. The van der Waals surface area contributed by atoms with Gasteiger partial charge in [0.25, 0.3) is 0 Å². The zero-order valence-corrected chi connectivity index (χ0v) is 23.9. The van der Waals surface area contributed by atoms with Crippen LogP contribution in [0.25, 0.3) is 10.9 Å². The summed E-state index contributed by atoms with van der Waals surface area (Å²) in [7, 11) is 0. The molecule has 10 heteroatoms. The highest BCUT2D eigenvalue weighted by Gasteiger charge is 2.34. The Labute approximate surface area is 230 Å². The Morgan fingerprint density at radius 3 is 2.05 bits per heavy atom. The predicted molar refractivity (Wildman–Crippen MR) is 152 cm³/mol. The van der Waals surface area contributed by atoms with Gasteiger partial charge in [0.1, 0.15) is 18.1 Å². The van der Waals surface area contributed by atoms with E-state index in [1.807, 2.05) is 58.9 Å². The summed E-state index contributed by atoms with van der Waals surface area (Å²) in [5.41, 5.74) is 7.83. The van der Waals surface area contributed by atoms with E-state index >= 15 is 0 Å². The zero-order chi connectivity index (χ0) is 29.3. The van der Waals surface area contributed by atoms with Crippen molar-refractivity contribution in [2.45, 2.75) is 91.4 Å². The van der Waals surface area contributed by atoms with Crippen LogP contribution in [-0.4, -0.2) is 57.9 Å². The number of rotatable bonds is 15. The largest absolute Gasteiger partial charge is 0.480 e. The minimum atomic E-state index is -1.13. The lowest BCUT2D eigenvalue weighted by atomic mass is 9.94. The van der Waals surface area contributed by atoms with Crippen molar-refractivity contribution in [2.75, 3.05) is 0 Å². The molecule has 10 nitrogen and oxygen atoms in total. The van der Waals surface area contributed by atoms with E-state index in [1.54, 1.807) is 13.1 Å². The molecular weight excluding hydrogens is 498 g/mol. The molecule has 1 aromatic carbocycles. The molecular formula is C29H45N5O5. The van der Waals surface area contributed by atoms with Crippen molar-refractivity contribution in [3.05, 3.63) is 36.0 Å². The number of benzene rings is 1. The first-order valence-electron chi connectivity index (χ1n) is 13.8. The maximum Gasteiger partial charge on any atom is 0.326 e. The van der Waals surface area contributed by atoms with Gasteiger partial charge in [-0.1, -0.05) is 72.6 Å². The Kier molecular flexibility index (Phi) is 12.0. The van der Waals surface area contributed by atoms with Crippen LogP contribution < -0.4 is 21.7 Å². The highest BCUT2D eigenvalue weighted by molar-refractivity contribution is 5.95. The van der Waals surface area contributed by atoms with Gasteiger partial charge in [0.15, 0.2) is 0 Å². The average Bonchev–Trinajstić information content (AvgIpc) is 3.30. The lowest BCUT2D eigenvalue weighted by molar-refractivity contribution is -0.144. The van der Waals surface area contributed by atoms with E-state index in [2.05, 4.69) is 20.9 Å². The van der Waals surface area contributed by atoms with Crippen molar-refractivity contribution in [1.82, 2.24) is 20.9 Å². The minimum Gasteiger partial charge on any atom is -0.480 e. The molecule has 39 heavy (non-hydrogen) atoms. The van der Waals surface area contributed by atoms with E-state index in [-0.39, 0.29) is 24.2 Å². The van der Waals surface area contributed by atoms with Gasteiger partial charge >= 0.3 is 5.97 Å². The van der Waals surface area contributed by atoms with Gasteiger partial charge in [0.05, 0.1) is 6.04 Å². The first-order valence-corrected chi connectivity index (χ1v) is 13.8. The monoisotopic (exact) mass is 543 g/mol. The normalized spacial score (nSPS) is 16.1. The van der Waals surface area contributed by atoms with Crippen LogP contribution in [0, 0.1) is 17.8 Å². The van der Waals surface area contributed by atoms with Crippen LogP contribution in [0.2, 0.25) is 0 Å². The number of aromatic amines is 1. The quantitative estimate of drug-likeness (QED) is 0.202. The molecule has 0 bridgehead atoms. The molecule has 2 aromatic rings. The Balaban J connectivity index is 2.33. The van der Waals surface area contributed by atoms with Gasteiger partial charge in [-0.3, -0.25) is 14.4 Å². The summed E-state index contributed by atoms with van der Waals surface area (Å²) in [6.07, 6.45) is 3.56. The van der Waals surface area contributed by atoms with Gasteiger partial charge in [-0.15, -0.1) is 0 Å². The SMILES string of the molecule is CCC(C)C(NC(=O)C(NC(=O)C(Cc1c[nH]c2ccccc12)NC(=O)C(N)CC(C)C)C(C)CC)C(=O)O. The van der Waals surface area contributed by atoms with Crippen LogP contribution in [-0.2, 0) is 25.6 Å². The number of carbonyl (C=O) groups is 4. The Morgan fingerprint density at radius 1 is 0.872 bits per heavy atom. The van der Waals surface area contributed by atoms with E-state index in [1.165, 1.54) is 0 Å². The zero-order valence-electron chi connectivity index (χ0n) is 23.9. The molecule has 0 spiro atoms. The number of aliphatic carboxylic acids is 1. The van der Waals surface area contributed by atoms with Crippen molar-refractivity contribution < 1.29 is 24.3 Å². The molecule has 3 amide bonds. The van der Waals surface area contributed by atoms with Crippen LogP contribution in [0.5, 0.6) is 0 Å². The third-order valence-corrected chi connectivity index (χ3v) is 7.36. The van der Waals surface area contributed by atoms with Gasteiger partial charge in [-0.05, 0) is 35.8 Å². The molecule has 2 rings (SSSR count). The summed E-state index contributed by atoms with van der Waals surface area (Å²) in [6, 6.07) is 3.79. The molecule has 0 aliphatic carbocycles. The molecule has 0 aliphatic rings. The van der Waals surface area contributed by atoms with Gasteiger partial charge in [0, 0.05) is 23.5 Å². The van der Waals surface area contributed by atoms with Crippen LogP contribution >= 0.6 is 0 Å². The van der Waals surface area contributed by atoms with Crippen molar-refractivity contribution in [3.8, 4) is 0 Å². The second-order valence-electron chi connectivity index (χ2n) is 10.9. The first-order chi connectivity index (χ1) is 18.4. The number of nitrogens with one attached hydrogen (secondary N) is 4. The fraction of sp³-hybridized carbons (Fsp3) is 0.586. The number of hydrogen-bond donors (Lipinski definition) is 6. The third-order valence-electron chi connectivity index (χ3n) is 7.36. The number of amides is 3. The van der Waals surface area contributed by atoms with Crippen LogP contribution in [0.1, 0.15) is 66.4 Å². The molecule has 0 aliphatic heterocycles. The first kappa shape index (κ1) is 31.8. The van der Waals surface area contributed by atoms with Crippen LogP contribution in [0.15, 0.2) is 30.5 Å². The molecule has 0 saturated heterocycles. The standard InChI is InChI=1S/C29H45N5O5/c1-7-17(5)24(28(37)34-25(29(38)39)18(6)8-2)33-27(36)23(32-26(35)21(30)13-16(3)4)14-19-15-31-22-12-10-9-11-20(19)22/h9-12,15-18,21,23-25,31H,7-8,13-14,30H2,1-6H3,(H,32,35)(H,33,36)(H,34,37)(H,38,39). The van der Waals surface area contributed by atoms with Crippen molar-refractivity contribution in [3.63, 3.8) is 0 Å². The van der Waals surface area contributed by atoms with E-state index in [0.29, 0.717) is 19.3 Å². The van der Waals surface area contributed by atoms with Crippen LogP contribution in [0.3, 0.4) is 0 Å². The Bertz CT molecular complexity index is 1130. The second-order valence-corrected chi connectivity index (χ2v) is 10.9. The Hall–Kier alpha value is -3.40. The molecule has 0 radical (unpaired) electrons. The summed E-state index contributed by atoms with van der Waals surface area (Å²) in [4.78, 5) is 54.9. The summed E-state index contributed by atoms with van der Waals surface area (Å²) in [5.74, 6) is -3.08. The number of carbonyl (C=O) groups excluding carboxylic acids is 3. The number of nitrogens with two attached hydrogens (primary N) is 1. The average molecular weight is 544 g/mol. The molecule has 7 N–H and O–H groups in total. The maximum absolute atomic E-state index is 13.7. The van der Waals surface area contributed by atoms with Crippen LogP contribution in [0.4, 0.5) is 0 Å². The highest BCUT2D eigenvalue weighted by Crippen LogP contribution is 2.20. The smallest absolute Gasteiger partial charge is 0.326 e. The summed E-state index contributed by atoms with van der Waals surface area (Å²) in [6.45, 7) is 11.2. The van der Waals surface area contributed by atoms with Gasteiger partial charge < -0.3 is 31.8 Å². The molecule has 0 fully saturated rings. The van der Waals surface area contributed by atoms with Gasteiger partial charge in [-0.25, -0.2) is 4.79 Å². The fourth-order valence-corrected chi connectivity index (χ4v) is 4.51. The molecule has 1 aromatic heterocycles. The lowest BCUT2D eigenvalue weighted by Gasteiger charge is -2.29. The van der Waals surface area contributed by atoms with E-state index in [0.717, 1.165) is 16.5 Å². The molecule has 1 heterocycles. The Morgan fingerprint density at radius 2 is 1.46 bits per heavy atom. The van der Waals surface area contributed by atoms with E-state index in [4.69, 9.17) is 5.73 Å². The number of carboxylic acids is 1. The minimum absolute atomic E-state index is 0.176. The summed E-state index contributed by atoms with van der Waals surface area (Å²) in [5, 5.41) is 18.8. The number of aromatic nitrogens is 1. The number of fused-ring (bicyclic) bond motifs is 1. The topological polar surface area (TPSA) is 166 Å². The maximum atomic E-state index is 13.7. The second kappa shape index (κ2) is 14.7. The summed E-state index contributed by atoms with van der Waals surface area (Å²) >= 11 is 0. The molecule has 6 atom stereocenters. The van der Waals surface area contributed by atoms with Crippen molar-refractivity contribution >= 4 is 34.6 Å². The number of hydrogen-bond acceptors (Lipinski definition) is 5. The molecule has 6 unspecified atom stereocenters. The number of para-hydroxylation sites is 1. The van der Waals surface area contributed by atoms with E-state index < -0.39 is 47.9 Å². The highest BCUT2D eigenvalue weighted by atomic mass is 16.4. The number of carboxylic acid groups (broad SMARTS) is 1. The van der Waals surface area contributed by atoms with E-state index in [9.17, 15) is 24.3 Å². The molecule has 216 valence electrons. The van der Waals surface area contributed by atoms with Gasteiger partial charge in [-0.2, -0.15) is 0 Å². The number of H-pyrrole nitrogens is 1. The predicted octanol–water partition coefficient (Wildman–Crippen LogP) is 2.72. The van der Waals surface area contributed by atoms with Crippen molar-refractivity contribution in [1.29, 1.82) is 0 Å².